The average molecular weight is 572 g/mol. The van der Waals surface area contributed by atoms with Crippen molar-refractivity contribution in [2.75, 3.05) is 39.3 Å². The molecule has 3 aromatic heterocycles. The molecule has 0 aromatic carbocycles. The molecule has 218 valence electrons. The normalized spacial score (nSPS) is 10.8. The van der Waals surface area contributed by atoms with Gasteiger partial charge in [0.1, 0.15) is 17.1 Å². The highest BCUT2D eigenvalue weighted by atomic mass is 16.5. The fourth-order valence-corrected chi connectivity index (χ4v) is 3.73. The van der Waals surface area contributed by atoms with E-state index in [1.807, 2.05) is 4.90 Å². The van der Waals surface area contributed by atoms with Crippen LogP contribution >= 0.6 is 0 Å². The van der Waals surface area contributed by atoms with Crippen LogP contribution in [0.3, 0.4) is 0 Å². The first-order chi connectivity index (χ1) is 19.6. The number of carbonyl (C=O) groups is 3. The molecule has 0 saturated carbocycles. The second kappa shape index (κ2) is 14.1. The van der Waals surface area contributed by atoms with Crippen LogP contribution in [0.5, 0.6) is 0 Å². The molecule has 3 heterocycles. The molecule has 3 amide bonds. The minimum atomic E-state index is -0.766. The number of rotatable bonds is 13. The Morgan fingerprint density at radius 1 is 0.561 bits per heavy atom. The minimum Gasteiger partial charge on any atom is -0.425 e. The summed E-state index contributed by atoms with van der Waals surface area (Å²) in [5, 5.41) is 37.0. The van der Waals surface area contributed by atoms with Crippen LogP contribution in [0.2, 0.25) is 0 Å². The lowest BCUT2D eigenvalue weighted by atomic mass is 10.3. The van der Waals surface area contributed by atoms with Crippen molar-refractivity contribution in [1.29, 1.82) is 0 Å². The fraction of sp³-hybridized carbons (Fsp3) is 0.280. The lowest BCUT2D eigenvalue weighted by Crippen LogP contribution is -2.42. The van der Waals surface area contributed by atoms with Crippen molar-refractivity contribution >= 4 is 17.7 Å². The van der Waals surface area contributed by atoms with Crippen molar-refractivity contribution in [3.63, 3.8) is 0 Å². The molecular formula is C25H29N7O9. The van der Waals surface area contributed by atoms with E-state index in [1.54, 1.807) is 0 Å². The molecule has 0 unspecified atom stereocenters. The molecule has 6 N–H and O–H groups in total. The van der Waals surface area contributed by atoms with Crippen LogP contribution < -0.4 is 32.6 Å². The van der Waals surface area contributed by atoms with Gasteiger partial charge in [-0.25, -0.2) is 0 Å². The second-order valence-corrected chi connectivity index (χ2v) is 8.65. The van der Waals surface area contributed by atoms with Crippen LogP contribution in [-0.4, -0.2) is 91.7 Å². The number of aromatic nitrogens is 3. The zero-order valence-electron chi connectivity index (χ0n) is 21.7. The van der Waals surface area contributed by atoms with Gasteiger partial charge in [-0.05, 0) is 31.2 Å². The van der Waals surface area contributed by atoms with Crippen LogP contribution in [0.15, 0.2) is 69.0 Å². The Kier molecular flexibility index (Phi) is 10.4. The maximum Gasteiger partial charge on any atom is 0.283 e. The van der Waals surface area contributed by atoms with Gasteiger partial charge in [0.25, 0.3) is 34.4 Å². The van der Waals surface area contributed by atoms with Gasteiger partial charge in [0.2, 0.25) is 0 Å². The van der Waals surface area contributed by atoms with Gasteiger partial charge in [0.05, 0.1) is 0 Å². The summed E-state index contributed by atoms with van der Waals surface area (Å²) in [7, 11) is 0. The molecule has 0 spiro atoms. The van der Waals surface area contributed by atoms with Crippen molar-refractivity contribution in [3.05, 3.63) is 103 Å². The van der Waals surface area contributed by atoms with Crippen molar-refractivity contribution in [1.82, 2.24) is 35.0 Å². The van der Waals surface area contributed by atoms with Crippen LogP contribution in [0, 0.1) is 0 Å². The van der Waals surface area contributed by atoms with E-state index in [2.05, 4.69) is 16.0 Å². The number of nitrogens with one attached hydrogen (secondary N) is 3. The number of hydrogen-bond donors (Lipinski definition) is 6. The van der Waals surface area contributed by atoms with E-state index < -0.39 is 34.4 Å². The molecule has 0 aliphatic carbocycles. The second-order valence-electron chi connectivity index (χ2n) is 8.65. The molecule has 0 saturated heterocycles. The predicted molar refractivity (Wildman–Crippen MR) is 142 cm³/mol. The third-order valence-electron chi connectivity index (χ3n) is 5.85. The van der Waals surface area contributed by atoms with Crippen LogP contribution in [-0.2, 0) is 0 Å². The molecule has 3 aromatic rings. The smallest absolute Gasteiger partial charge is 0.283 e. The molecule has 0 aliphatic heterocycles. The zero-order chi connectivity index (χ0) is 29.9. The van der Waals surface area contributed by atoms with Gasteiger partial charge in [-0.3, -0.25) is 33.7 Å². The molecule has 0 fully saturated rings. The summed E-state index contributed by atoms with van der Waals surface area (Å²) in [5.41, 5.74) is -3.02. The molecule has 0 atom stereocenters. The summed E-state index contributed by atoms with van der Waals surface area (Å²) in [6.45, 7) is 1.26. The van der Waals surface area contributed by atoms with Gasteiger partial charge in [0, 0.05) is 50.9 Å². The SMILES string of the molecule is O=C(NCCCN(CCNC(=O)c1cccc(=O)n1O)CCNC(=O)c1cccc(=O)n1O)c1cccc(=O)n1O. The molecular weight excluding hydrogens is 542 g/mol. The topological polar surface area (TPSA) is 217 Å². The van der Waals surface area contributed by atoms with Gasteiger partial charge in [-0.2, -0.15) is 0 Å². The van der Waals surface area contributed by atoms with Crippen molar-refractivity contribution < 1.29 is 30.0 Å². The summed E-state index contributed by atoms with van der Waals surface area (Å²) in [6, 6.07) is 11.1. The maximum atomic E-state index is 12.4. The molecule has 0 radical (unpaired) electrons. The molecule has 3 rings (SSSR count). The molecule has 16 heteroatoms. The standard InChI is InChI=1S/C25H29N7O9/c33-20-8-1-5-17(30(20)39)23(36)26-11-4-14-29(15-12-27-24(37)18-6-2-9-21(34)31(18)40)16-13-28-25(38)19-7-3-10-22(35)32(19)41/h1-3,5-10,39-41H,4,11-16H2,(H,26,36)(H,27,37)(H,28,38). The highest BCUT2D eigenvalue weighted by Gasteiger charge is 2.15. The van der Waals surface area contributed by atoms with E-state index in [0.717, 1.165) is 18.2 Å². The first-order valence-electron chi connectivity index (χ1n) is 12.4. The minimum absolute atomic E-state index is 0.0951. The Labute approximate surface area is 231 Å². The van der Waals surface area contributed by atoms with Crippen LogP contribution in [0.4, 0.5) is 0 Å². The third-order valence-corrected chi connectivity index (χ3v) is 5.85. The monoisotopic (exact) mass is 571 g/mol. The summed E-state index contributed by atoms with van der Waals surface area (Å²) in [4.78, 5) is 73.6. The molecule has 16 nitrogen and oxygen atoms in total. The largest absolute Gasteiger partial charge is 0.425 e. The summed E-state index contributed by atoms with van der Waals surface area (Å²) in [6.07, 6.45) is 0.403. The average Bonchev–Trinajstić information content (AvgIpc) is 2.94. The molecule has 0 aliphatic rings. The van der Waals surface area contributed by atoms with E-state index in [0.29, 0.717) is 13.0 Å². The Morgan fingerprint density at radius 3 is 1.27 bits per heavy atom. The van der Waals surface area contributed by atoms with Gasteiger partial charge < -0.3 is 31.6 Å². The number of hydrogen-bond acceptors (Lipinski definition) is 10. The first-order valence-corrected chi connectivity index (χ1v) is 12.4. The fourth-order valence-electron chi connectivity index (χ4n) is 3.73. The number of amides is 3. The lowest BCUT2D eigenvalue weighted by molar-refractivity contribution is 0.0870. The van der Waals surface area contributed by atoms with Crippen molar-refractivity contribution in [2.24, 2.45) is 0 Å². The summed E-state index contributed by atoms with van der Waals surface area (Å²) in [5.74, 6) is -2.03. The summed E-state index contributed by atoms with van der Waals surface area (Å²) < 4.78 is 0.701. The predicted octanol–water partition coefficient (Wildman–Crippen LogP) is -1.83. The van der Waals surface area contributed by atoms with Gasteiger partial charge >= 0.3 is 0 Å². The van der Waals surface area contributed by atoms with Gasteiger partial charge in [-0.15, -0.1) is 14.2 Å². The first kappa shape index (κ1) is 30.2. The van der Waals surface area contributed by atoms with E-state index in [4.69, 9.17) is 0 Å². The molecule has 41 heavy (non-hydrogen) atoms. The van der Waals surface area contributed by atoms with Crippen molar-refractivity contribution in [2.45, 2.75) is 6.42 Å². The van der Waals surface area contributed by atoms with Gasteiger partial charge in [-0.1, -0.05) is 18.2 Å². The highest BCUT2D eigenvalue weighted by Crippen LogP contribution is 1.98. The number of carbonyl (C=O) groups excluding carboxylic acids is 3. The van der Waals surface area contributed by atoms with Crippen molar-refractivity contribution in [3.8, 4) is 0 Å². The lowest BCUT2D eigenvalue weighted by Gasteiger charge is -2.23. The Morgan fingerprint density at radius 2 is 0.902 bits per heavy atom. The zero-order valence-corrected chi connectivity index (χ0v) is 21.7. The third kappa shape index (κ3) is 8.06. The summed E-state index contributed by atoms with van der Waals surface area (Å²) >= 11 is 0. The molecule has 0 bridgehead atoms. The Hall–Kier alpha value is -5.38. The van der Waals surface area contributed by atoms with E-state index in [9.17, 15) is 44.4 Å². The van der Waals surface area contributed by atoms with Crippen LogP contribution in [0.1, 0.15) is 37.9 Å². The van der Waals surface area contributed by atoms with E-state index >= 15 is 0 Å². The Bertz CT molecular complexity index is 1500. The van der Waals surface area contributed by atoms with E-state index in [1.165, 1.54) is 36.4 Å². The number of nitrogens with zero attached hydrogens (tertiary/aromatic N) is 4. The number of pyridine rings is 3. The van der Waals surface area contributed by atoms with E-state index in [-0.39, 0.29) is 64.0 Å². The van der Waals surface area contributed by atoms with Crippen LogP contribution in [0.25, 0.3) is 0 Å². The highest BCUT2D eigenvalue weighted by molar-refractivity contribution is 5.93. The maximum absolute atomic E-state index is 12.4. The van der Waals surface area contributed by atoms with Gasteiger partial charge in [0.15, 0.2) is 0 Å². The quantitative estimate of drug-likeness (QED) is 0.0995. The Balaban J connectivity index is 1.56.